The second-order valence-electron chi connectivity index (χ2n) is 2.66. The van der Waals surface area contributed by atoms with Crippen LogP contribution in [0.1, 0.15) is 10.4 Å². The lowest BCUT2D eigenvalue weighted by molar-refractivity contribution is -0.139. The molecule has 0 bridgehead atoms. The number of carboxylic acids is 1. The van der Waals surface area contributed by atoms with Crippen molar-refractivity contribution in [2.45, 2.75) is 6.17 Å². The molecule has 5 nitrogen and oxygen atoms in total. The van der Waals surface area contributed by atoms with Gasteiger partial charge in [0, 0.05) is 5.56 Å². The van der Waals surface area contributed by atoms with Gasteiger partial charge in [-0.15, -0.1) is 0 Å². The van der Waals surface area contributed by atoms with Crippen molar-refractivity contribution in [1.82, 2.24) is 5.32 Å². The predicted octanol–water partition coefficient (Wildman–Crippen LogP) is -0.214. The molecule has 0 aliphatic rings. The summed E-state index contributed by atoms with van der Waals surface area (Å²) in [5.74, 6) is -1.77. The molecule has 0 unspecified atom stereocenters. The summed E-state index contributed by atoms with van der Waals surface area (Å²) in [5, 5.41) is 10.6. The molecule has 0 saturated heterocycles. The van der Waals surface area contributed by atoms with Gasteiger partial charge in [-0.05, 0) is 12.1 Å². The van der Waals surface area contributed by atoms with E-state index in [1.54, 1.807) is 30.3 Å². The molecular formula is C9H10N2O3. The number of carbonyl (C=O) groups is 2. The minimum atomic E-state index is -1.37. The van der Waals surface area contributed by atoms with E-state index in [2.05, 4.69) is 5.32 Å². The van der Waals surface area contributed by atoms with Crippen molar-refractivity contribution in [1.29, 1.82) is 0 Å². The lowest BCUT2D eigenvalue weighted by atomic mass is 10.2. The summed E-state index contributed by atoms with van der Waals surface area (Å²) in [6.07, 6.45) is -1.37. The molecule has 14 heavy (non-hydrogen) atoms. The summed E-state index contributed by atoms with van der Waals surface area (Å²) in [4.78, 5) is 21.6. The average Bonchev–Trinajstić information content (AvgIpc) is 2.19. The Bertz CT molecular complexity index is 337. The third-order valence-electron chi connectivity index (χ3n) is 1.59. The molecule has 0 aliphatic carbocycles. The standard InChI is InChI=1S/C9H10N2O3/c10-7(9(13)14)11-8(12)6-4-2-1-3-5-6/h1-5,7H,10H2,(H,11,12)(H,13,14)/t7-/m0/s1. The minimum Gasteiger partial charge on any atom is -0.479 e. The fourth-order valence-electron chi connectivity index (χ4n) is 0.876. The fraction of sp³-hybridized carbons (Fsp3) is 0.111. The van der Waals surface area contributed by atoms with Gasteiger partial charge in [0.2, 0.25) is 0 Å². The number of aliphatic carboxylic acids is 1. The molecule has 1 atom stereocenters. The lowest BCUT2D eigenvalue weighted by Gasteiger charge is -2.08. The molecule has 0 fully saturated rings. The molecule has 1 aromatic carbocycles. The van der Waals surface area contributed by atoms with Crippen LogP contribution in [0.15, 0.2) is 30.3 Å². The average molecular weight is 194 g/mol. The molecule has 0 radical (unpaired) electrons. The number of rotatable bonds is 3. The summed E-state index contributed by atoms with van der Waals surface area (Å²) in [6, 6.07) is 8.27. The van der Waals surface area contributed by atoms with Crippen LogP contribution in [0.4, 0.5) is 0 Å². The van der Waals surface area contributed by atoms with E-state index in [1.807, 2.05) is 0 Å². The third-order valence-corrected chi connectivity index (χ3v) is 1.59. The quantitative estimate of drug-likeness (QED) is 0.580. The van der Waals surface area contributed by atoms with Crippen LogP contribution in [0, 0.1) is 0 Å². The van der Waals surface area contributed by atoms with Crippen molar-refractivity contribution in [3.05, 3.63) is 35.9 Å². The first-order valence-corrected chi connectivity index (χ1v) is 3.95. The van der Waals surface area contributed by atoms with Gasteiger partial charge in [0.1, 0.15) is 0 Å². The van der Waals surface area contributed by atoms with Crippen molar-refractivity contribution < 1.29 is 14.7 Å². The molecule has 0 heterocycles. The maximum atomic E-state index is 11.3. The van der Waals surface area contributed by atoms with Crippen molar-refractivity contribution in [2.75, 3.05) is 0 Å². The van der Waals surface area contributed by atoms with E-state index in [0.717, 1.165) is 0 Å². The van der Waals surface area contributed by atoms with Gasteiger partial charge in [0.05, 0.1) is 0 Å². The van der Waals surface area contributed by atoms with Crippen LogP contribution in [0.2, 0.25) is 0 Å². The normalized spacial score (nSPS) is 11.8. The molecule has 5 heteroatoms. The minimum absolute atomic E-state index is 0.379. The van der Waals surface area contributed by atoms with Gasteiger partial charge in [0.25, 0.3) is 5.91 Å². The number of benzene rings is 1. The highest BCUT2D eigenvalue weighted by atomic mass is 16.4. The van der Waals surface area contributed by atoms with E-state index in [0.29, 0.717) is 5.56 Å². The van der Waals surface area contributed by atoms with E-state index < -0.39 is 18.0 Å². The summed E-state index contributed by atoms with van der Waals surface area (Å²) < 4.78 is 0. The first-order valence-electron chi connectivity index (χ1n) is 3.95. The number of hydrogen-bond acceptors (Lipinski definition) is 3. The van der Waals surface area contributed by atoms with Crippen LogP contribution < -0.4 is 11.1 Å². The van der Waals surface area contributed by atoms with Gasteiger partial charge >= 0.3 is 5.97 Å². The second-order valence-corrected chi connectivity index (χ2v) is 2.66. The topological polar surface area (TPSA) is 92.4 Å². The highest BCUT2D eigenvalue weighted by Gasteiger charge is 2.14. The van der Waals surface area contributed by atoms with Gasteiger partial charge in [-0.1, -0.05) is 18.2 Å². The fourth-order valence-corrected chi connectivity index (χ4v) is 0.876. The Morgan fingerprint density at radius 2 is 1.86 bits per heavy atom. The van der Waals surface area contributed by atoms with Crippen LogP contribution in [-0.4, -0.2) is 23.1 Å². The predicted molar refractivity (Wildman–Crippen MR) is 49.5 cm³/mol. The van der Waals surface area contributed by atoms with Gasteiger partial charge in [-0.3, -0.25) is 4.79 Å². The maximum absolute atomic E-state index is 11.3. The summed E-state index contributed by atoms with van der Waals surface area (Å²) in [7, 11) is 0. The van der Waals surface area contributed by atoms with Gasteiger partial charge in [0.15, 0.2) is 6.17 Å². The number of hydrogen-bond donors (Lipinski definition) is 3. The summed E-state index contributed by atoms with van der Waals surface area (Å²) >= 11 is 0. The smallest absolute Gasteiger partial charge is 0.341 e. The van der Waals surface area contributed by atoms with Gasteiger partial charge < -0.3 is 16.2 Å². The Balaban J connectivity index is 2.64. The van der Waals surface area contributed by atoms with Crippen molar-refractivity contribution in [2.24, 2.45) is 5.73 Å². The Hall–Kier alpha value is -1.88. The Morgan fingerprint density at radius 3 is 2.36 bits per heavy atom. The first kappa shape index (κ1) is 10.2. The maximum Gasteiger partial charge on any atom is 0.341 e. The Morgan fingerprint density at radius 1 is 1.29 bits per heavy atom. The summed E-state index contributed by atoms with van der Waals surface area (Å²) in [6.45, 7) is 0. The molecule has 0 spiro atoms. The zero-order chi connectivity index (χ0) is 10.6. The monoisotopic (exact) mass is 194 g/mol. The molecule has 0 saturated carbocycles. The SMILES string of the molecule is N[C@@H](NC(=O)c1ccccc1)C(=O)O. The molecule has 1 amide bonds. The Labute approximate surface area is 80.5 Å². The van der Waals surface area contributed by atoms with E-state index >= 15 is 0 Å². The van der Waals surface area contributed by atoms with Crippen LogP contribution in [-0.2, 0) is 4.79 Å². The Kier molecular flexibility index (Phi) is 3.19. The van der Waals surface area contributed by atoms with E-state index in [1.165, 1.54) is 0 Å². The molecule has 74 valence electrons. The van der Waals surface area contributed by atoms with E-state index in [4.69, 9.17) is 10.8 Å². The highest BCUT2D eigenvalue weighted by Crippen LogP contribution is 1.97. The zero-order valence-electron chi connectivity index (χ0n) is 7.31. The molecule has 4 N–H and O–H groups in total. The highest BCUT2D eigenvalue weighted by molar-refractivity contribution is 5.96. The van der Waals surface area contributed by atoms with Crippen LogP contribution in [0.25, 0.3) is 0 Å². The van der Waals surface area contributed by atoms with E-state index in [9.17, 15) is 9.59 Å². The van der Waals surface area contributed by atoms with Crippen LogP contribution >= 0.6 is 0 Å². The lowest BCUT2D eigenvalue weighted by Crippen LogP contribution is -2.47. The molecule has 0 aromatic heterocycles. The molecule has 0 aliphatic heterocycles. The van der Waals surface area contributed by atoms with Crippen molar-refractivity contribution in [3.63, 3.8) is 0 Å². The number of carboxylic acid groups (broad SMARTS) is 1. The van der Waals surface area contributed by atoms with Gasteiger partial charge in [-0.2, -0.15) is 0 Å². The van der Waals surface area contributed by atoms with Gasteiger partial charge in [-0.25, -0.2) is 4.79 Å². The first-order chi connectivity index (χ1) is 6.61. The van der Waals surface area contributed by atoms with E-state index in [-0.39, 0.29) is 0 Å². The number of carbonyl (C=O) groups excluding carboxylic acids is 1. The second kappa shape index (κ2) is 4.38. The van der Waals surface area contributed by atoms with Crippen molar-refractivity contribution >= 4 is 11.9 Å². The number of nitrogens with two attached hydrogens (primary N) is 1. The number of nitrogens with one attached hydrogen (secondary N) is 1. The third kappa shape index (κ3) is 2.56. The van der Waals surface area contributed by atoms with Crippen LogP contribution in [0.5, 0.6) is 0 Å². The summed E-state index contributed by atoms with van der Waals surface area (Å²) in [5.41, 5.74) is 5.50. The van der Waals surface area contributed by atoms with Crippen molar-refractivity contribution in [3.8, 4) is 0 Å². The molecule has 1 aromatic rings. The van der Waals surface area contributed by atoms with Crippen LogP contribution in [0.3, 0.4) is 0 Å². The largest absolute Gasteiger partial charge is 0.479 e. The molecule has 1 rings (SSSR count). The zero-order valence-corrected chi connectivity index (χ0v) is 7.31. The molecular weight excluding hydrogens is 184 g/mol. The number of amides is 1.